The van der Waals surface area contributed by atoms with E-state index in [1.807, 2.05) is 6.07 Å². The molecule has 1 saturated heterocycles. The molecule has 1 N–H and O–H groups in total. The van der Waals surface area contributed by atoms with E-state index >= 15 is 0 Å². The van der Waals surface area contributed by atoms with Gasteiger partial charge in [0.15, 0.2) is 0 Å². The zero-order valence-electron chi connectivity index (χ0n) is 15.1. The highest BCUT2D eigenvalue weighted by Gasteiger charge is 2.44. The number of benzene rings is 1. The number of methoxy groups -OCH3 is 1. The Hall–Kier alpha value is -3.23. The van der Waals surface area contributed by atoms with Crippen LogP contribution in [0.4, 0.5) is 4.79 Å². The standard InChI is InChI=1S/C18H21N3O6/c1-3-9-20-15(23)16(24)21(18(20)26)11-14(22)19-13(17(25)27-2)10-12-7-5-4-6-8-12/h4-8,13H,3,9-11H2,1-2H3,(H,19,22)/t13-/m1/s1. The average Bonchev–Trinajstić information content (AvgIpc) is 2.86. The lowest BCUT2D eigenvalue weighted by molar-refractivity contribution is -0.146. The molecule has 0 spiro atoms. The van der Waals surface area contributed by atoms with Crippen LogP contribution >= 0.6 is 0 Å². The van der Waals surface area contributed by atoms with Crippen LogP contribution in [0.3, 0.4) is 0 Å². The molecule has 2 rings (SSSR count). The fourth-order valence-electron chi connectivity index (χ4n) is 2.68. The van der Waals surface area contributed by atoms with Gasteiger partial charge in [0.1, 0.15) is 12.6 Å². The summed E-state index contributed by atoms with van der Waals surface area (Å²) in [6, 6.07) is 7.16. The topological polar surface area (TPSA) is 113 Å². The van der Waals surface area contributed by atoms with Crippen molar-refractivity contribution in [3.63, 3.8) is 0 Å². The Balaban J connectivity index is 2.05. The molecule has 9 nitrogen and oxygen atoms in total. The number of hydrogen-bond acceptors (Lipinski definition) is 6. The maximum atomic E-state index is 12.3. The predicted molar refractivity (Wildman–Crippen MR) is 93.2 cm³/mol. The summed E-state index contributed by atoms with van der Waals surface area (Å²) in [6.07, 6.45) is 0.675. The number of rotatable bonds is 8. The molecule has 1 heterocycles. The van der Waals surface area contributed by atoms with Gasteiger partial charge in [-0.1, -0.05) is 37.3 Å². The van der Waals surface area contributed by atoms with Gasteiger partial charge in [-0.05, 0) is 12.0 Å². The molecule has 9 heteroatoms. The van der Waals surface area contributed by atoms with E-state index in [0.717, 1.165) is 10.5 Å². The predicted octanol–water partition coefficient (Wildman–Crippen LogP) is 0.0877. The fraction of sp³-hybridized carbons (Fsp3) is 0.389. The first-order chi connectivity index (χ1) is 12.9. The Morgan fingerprint density at radius 3 is 2.30 bits per heavy atom. The molecule has 0 saturated carbocycles. The molecule has 1 aliphatic rings. The molecule has 144 valence electrons. The third kappa shape index (κ3) is 4.69. The fourth-order valence-corrected chi connectivity index (χ4v) is 2.68. The molecule has 0 bridgehead atoms. The molecule has 1 aliphatic heterocycles. The summed E-state index contributed by atoms with van der Waals surface area (Å²) < 4.78 is 4.70. The van der Waals surface area contributed by atoms with Crippen LogP contribution in [0, 0.1) is 0 Å². The van der Waals surface area contributed by atoms with E-state index in [1.165, 1.54) is 7.11 Å². The Kier molecular flexibility index (Phi) is 6.64. The lowest BCUT2D eigenvalue weighted by Crippen LogP contribution is -2.48. The van der Waals surface area contributed by atoms with Crippen molar-refractivity contribution >= 4 is 29.7 Å². The van der Waals surface area contributed by atoms with Gasteiger partial charge in [0.05, 0.1) is 7.11 Å². The molecule has 27 heavy (non-hydrogen) atoms. The smallest absolute Gasteiger partial charge is 0.334 e. The van der Waals surface area contributed by atoms with Crippen molar-refractivity contribution in [2.75, 3.05) is 20.2 Å². The molecule has 1 aromatic carbocycles. The van der Waals surface area contributed by atoms with Gasteiger partial charge in [0.25, 0.3) is 0 Å². The second kappa shape index (κ2) is 8.93. The summed E-state index contributed by atoms with van der Waals surface area (Å²) >= 11 is 0. The van der Waals surface area contributed by atoms with Crippen molar-refractivity contribution in [3.8, 4) is 0 Å². The van der Waals surface area contributed by atoms with Gasteiger partial charge in [0.2, 0.25) is 5.91 Å². The van der Waals surface area contributed by atoms with E-state index < -0.39 is 42.3 Å². The SMILES string of the molecule is CCCN1C(=O)C(=O)N(CC(=O)N[C@H](Cc2ccccc2)C(=O)OC)C1=O. The second-order valence-electron chi connectivity index (χ2n) is 5.96. The number of urea groups is 1. The number of amides is 5. The van der Waals surface area contributed by atoms with Crippen molar-refractivity contribution in [1.82, 2.24) is 15.1 Å². The Bertz CT molecular complexity index is 749. The van der Waals surface area contributed by atoms with E-state index in [-0.39, 0.29) is 13.0 Å². The summed E-state index contributed by atoms with van der Waals surface area (Å²) in [5.74, 6) is -3.41. The number of ether oxygens (including phenoxy) is 1. The van der Waals surface area contributed by atoms with E-state index in [0.29, 0.717) is 11.3 Å². The van der Waals surface area contributed by atoms with E-state index in [9.17, 15) is 24.0 Å². The van der Waals surface area contributed by atoms with Crippen LogP contribution in [0.2, 0.25) is 0 Å². The van der Waals surface area contributed by atoms with Crippen molar-refractivity contribution in [1.29, 1.82) is 0 Å². The number of nitrogens with one attached hydrogen (secondary N) is 1. The first-order valence-corrected chi connectivity index (χ1v) is 8.47. The number of imide groups is 2. The molecular weight excluding hydrogens is 354 g/mol. The third-order valence-corrected chi connectivity index (χ3v) is 3.99. The van der Waals surface area contributed by atoms with Crippen LogP contribution < -0.4 is 5.32 Å². The Morgan fingerprint density at radius 2 is 1.70 bits per heavy atom. The minimum atomic E-state index is -1.05. The maximum absolute atomic E-state index is 12.3. The van der Waals surface area contributed by atoms with Crippen molar-refractivity contribution in [3.05, 3.63) is 35.9 Å². The van der Waals surface area contributed by atoms with Gasteiger partial charge in [-0.2, -0.15) is 0 Å². The van der Waals surface area contributed by atoms with Gasteiger partial charge >= 0.3 is 23.8 Å². The van der Waals surface area contributed by atoms with Crippen molar-refractivity contribution in [2.45, 2.75) is 25.8 Å². The summed E-state index contributed by atoms with van der Waals surface area (Å²) in [6.45, 7) is 1.21. The molecule has 5 amide bonds. The van der Waals surface area contributed by atoms with Gasteiger partial charge < -0.3 is 10.1 Å². The lowest BCUT2D eigenvalue weighted by atomic mass is 10.1. The quantitative estimate of drug-likeness (QED) is 0.391. The molecule has 0 aromatic heterocycles. The minimum absolute atomic E-state index is 0.0975. The first-order valence-electron chi connectivity index (χ1n) is 8.47. The first kappa shape index (κ1) is 20.1. The number of nitrogens with zero attached hydrogens (tertiary/aromatic N) is 2. The highest BCUT2D eigenvalue weighted by molar-refractivity contribution is 6.45. The zero-order valence-corrected chi connectivity index (χ0v) is 15.1. The Morgan fingerprint density at radius 1 is 1.07 bits per heavy atom. The monoisotopic (exact) mass is 375 g/mol. The molecule has 0 unspecified atom stereocenters. The van der Waals surface area contributed by atoms with Crippen LogP contribution in [0.1, 0.15) is 18.9 Å². The highest BCUT2D eigenvalue weighted by atomic mass is 16.5. The van der Waals surface area contributed by atoms with Crippen LogP contribution in [-0.2, 0) is 30.3 Å². The normalized spacial score (nSPS) is 15.1. The number of esters is 1. The largest absolute Gasteiger partial charge is 0.467 e. The van der Waals surface area contributed by atoms with Gasteiger partial charge in [-0.15, -0.1) is 0 Å². The van der Waals surface area contributed by atoms with Gasteiger partial charge in [-0.3, -0.25) is 19.3 Å². The highest BCUT2D eigenvalue weighted by Crippen LogP contribution is 2.12. The molecule has 1 aromatic rings. The van der Waals surface area contributed by atoms with Crippen molar-refractivity contribution in [2.24, 2.45) is 0 Å². The van der Waals surface area contributed by atoms with Crippen LogP contribution in [0.25, 0.3) is 0 Å². The van der Waals surface area contributed by atoms with Gasteiger partial charge in [-0.25, -0.2) is 14.5 Å². The molecule has 1 fully saturated rings. The number of carbonyl (C=O) groups is 5. The van der Waals surface area contributed by atoms with E-state index in [2.05, 4.69) is 5.32 Å². The van der Waals surface area contributed by atoms with E-state index in [1.54, 1.807) is 31.2 Å². The second-order valence-corrected chi connectivity index (χ2v) is 5.96. The third-order valence-electron chi connectivity index (χ3n) is 3.99. The maximum Gasteiger partial charge on any atom is 0.334 e. The number of hydrogen-bond donors (Lipinski definition) is 1. The molecule has 0 radical (unpaired) electrons. The van der Waals surface area contributed by atoms with Gasteiger partial charge in [0, 0.05) is 13.0 Å². The summed E-state index contributed by atoms with van der Waals surface area (Å²) in [7, 11) is 1.20. The van der Waals surface area contributed by atoms with E-state index in [4.69, 9.17) is 4.74 Å². The zero-order chi connectivity index (χ0) is 20.0. The molecule has 1 atom stereocenters. The Labute approximate surface area is 156 Å². The molecule has 0 aliphatic carbocycles. The summed E-state index contributed by atoms with van der Waals surface area (Å²) in [4.78, 5) is 61.6. The van der Waals surface area contributed by atoms with Crippen molar-refractivity contribution < 1.29 is 28.7 Å². The van der Waals surface area contributed by atoms with Crippen LogP contribution in [0.5, 0.6) is 0 Å². The average molecular weight is 375 g/mol. The molecular formula is C18H21N3O6. The minimum Gasteiger partial charge on any atom is -0.467 e. The lowest BCUT2D eigenvalue weighted by Gasteiger charge is -2.19. The number of carbonyl (C=O) groups excluding carboxylic acids is 5. The summed E-state index contributed by atoms with van der Waals surface area (Å²) in [5, 5.41) is 2.46. The van der Waals surface area contributed by atoms with Crippen LogP contribution in [0.15, 0.2) is 30.3 Å². The van der Waals surface area contributed by atoms with Crippen LogP contribution in [-0.4, -0.2) is 65.8 Å². The summed E-state index contributed by atoms with van der Waals surface area (Å²) in [5.41, 5.74) is 0.797.